The van der Waals surface area contributed by atoms with E-state index in [9.17, 15) is 0 Å². The maximum Gasteiger partial charge on any atom is 0.383 e. The van der Waals surface area contributed by atoms with Crippen LogP contribution in [0.5, 0.6) is 0 Å². The summed E-state index contributed by atoms with van der Waals surface area (Å²) in [7, 11) is 2.06. The SMILES string of the molecule is C=CCN1C=CN(C)C1.N#C[B-](C#N)(C#N)C#N. The molecule has 0 aromatic heterocycles. The molecule has 18 heavy (non-hydrogen) atoms. The van der Waals surface area contributed by atoms with E-state index < -0.39 is 6.15 Å². The van der Waals surface area contributed by atoms with Gasteiger partial charge in [-0.15, -0.1) is 30.5 Å². The van der Waals surface area contributed by atoms with Crippen molar-refractivity contribution in [3.8, 4) is 23.9 Å². The lowest BCUT2D eigenvalue weighted by Gasteiger charge is -2.15. The molecule has 0 unspecified atom stereocenters. The van der Waals surface area contributed by atoms with Crippen molar-refractivity contribution in [1.29, 1.82) is 21.0 Å². The number of nitrogens with zero attached hydrogens (tertiary/aromatic N) is 6. The molecule has 6 nitrogen and oxygen atoms in total. The maximum absolute atomic E-state index is 8.09. The van der Waals surface area contributed by atoms with E-state index in [-0.39, 0.29) is 0 Å². The monoisotopic (exact) mass is 239 g/mol. The van der Waals surface area contributed by atoms with Crippen molar-refractivity contribution in [3.63, 3.8) is 0 Å². The first-order chi connectivity index (χ1) is 8.57. The van der Waals surface area contributed by atoms with E-state index in [0.29, 0.717) is 0 Å². The highest BCUT2D eigenvalue weighted by Crippen LogP contribution is 2.01. The van der Waals surface area contributed by atoms with Crippen LogP contribution in [0.2, 0.25) is 0 Å². The number of hydrogen-bond donors (Lipinski definition) is 0. The van der Waals surface area contributed by atoms with Gasteiger partial charge in [0.15, 0.2) is 0 Å². The van der Waals surface area contributed by atoms with Gasteiger partial charge in [0.25, 0.3) is 0 Å². The second-order valence-corrected chi connectivity index (χ2v) is 3.64. The fraction of sp³-hybridized carbons (Fsp3) is 0.273. The van der Waals surface area contributed by atoms with E-state index in [2.05, 4.69) is 35.8 Å². The molecular formula is C11H12BN6-. The van der Waals surface area contributed by atoms with E-state index in [1.165, 1.54) is 23.9 Å². The Balaban J connectivity index is 0.000000321. The molecule has 0 saturated carbocycles. The van der Waals surface area contributed by atoms with Crippen LogP contribution in [-0.2, 0) is 0 Å². The van der Waals surface area contributed by atoms with Gasteiger partial charge in [-0.25, -0.2) is 21.0 Å². The highest BCUT2D eigenvalue weighted by molar-refractivity contribution is 7.05. The molecule has 0 aromatic rings. The summed E-state index contributed by atoms with van der Waals surface area (Å²) >= 11 is 0. The Labute approximate surface area is 107 Å². The van der Waals surface area contributed by atoms with Crippen LogP contribution in [-0.4, -0.2) is 36.2 Å². The molecule has 0 saturated heterocycles. The van der Waals surface area contributed by atoms with Gasteiger partial charge in [0.2, 0.25) is 0 Å². The van der Waals surface area contributed by atoms with E-state index in [0.717, 1.165) is 13.2 Å². The van der Waals surface area contributed by atoms with Crippen molar-refractivity contribution in [2.45, 2.75) is 0 Å². The number of hydrogen-bond acceptors (Lipinski definition) is 6. The minimum absolute atomic E-state index is 0.945. The molecule has 0 bridgehead atoms. The third-order valence-corrected chi connectivity index (χ3v) is 2.07. The zero-order valence-electron chi connectivity index (χ0n) is 10.1. The molecule has 0 aliphatic carbocycles. The van der Waals surface area contributed by atoms with Crippen LogP contribution in [0.25, 0.3) is 0 Å². The Kier molecular flexibility index (Phi) is 6.20. The summed E-state index contributed by atoms with van der Waals surface area (Å²) < 4.78 is 0. The summed E-state index contributed by atoms with van der Waals surface area (Å²) in [5.74, 6) is 5.38. The van der Waals surface area contributed by atoms with E-state index in [4.69, 9.17) is 21.0 Å². The normalized spacial score (nSPS) is 12.3. The van der Waals surface area contributed by atoms with Gasteiger partial charge < -0.3 is 9.80 Å². The molecule has 0 spiro atoms. The summed E-state index contributed by atoms with van der Waals surface area (Å²) in [6.07, 6.45) is 3.31. The molecular weight excluding hydrogens is 227 g/mol. The average molecular weight is 239 g/mol. The highest BCUT2D eigenvalue weighted by Gasteiger charge is 2.22. The second kappa shape index (κ2) is 7.39. The minimum atomic E-state index is -2.72. The van der Waals surface area contributed by atoms with Gasteiger partial charge in [-0.1, -0.05) is 6.08 Å². The van der Waals surface area contributed by atoms with Gasteiger partial charge >= 0.3 is 6.15 Å². The fourth-order valence-corrected chi connectivity index (χ4v) is 1.05. The van der Waals surface area contributed by atoms with Crippen molar-refractivity contribution >= 4 is 6.15 Å². The van der Waals surface area contributed by atoms with Gasteiger partial charge in [-0.2, -0.15) is 0 Å². The topological polar surface area (TPSA) is 102 Å². The minimum Gasteiger partial charge on any atom is -0.362 e. The van der Waals surface area contributed by atoms with Crippen molar-refractivity contribution < 1.29 is 0 Å². The smallest absolute Gasteiger partial charge is 0.362 e. The van der Waals surface area contributed by atoms with E-state index >= 15 is 0 Å². The van der Waals surface area contributed by atoms with Crippen molar-refractivity contribution in [2.75, 3.05) is 20.3 Å². The molecule has 0 atom stereocenters. The van der Waals surface area contributed by atoms with Crippen LogP contribution in [0.1, 0.15) is 0 Å². The lowest BCUT2D eigenvalue weighted by Crippen LogP contribution is -2.26. The summed E-state index contributed by atoms with van der Waals surface area (Å²) in [6, 6.07) is 0. The summed E-state index contributed by atoms with van der Waals surface area (Å²) in [5.41, 5.74) is 0. The summed E-state index contributed by atoms with van der Waals surface area (Å²) in [6.45, 7) is 5.59. The van der Waals surface area contributed by atoms with Gasteiger partial charge in [0.05, 0.1) is 6.67 Å². The van der Waals surface area contributed by atoms with Crippen LogP contribution in [0.4, 0.5) is 0 Å². The molecule has 7 heteroatoms. The van der Waals surface area contributed by atoms with Crippen LogP contribution in [0.15, 0.2) is 25.1 Å². The van der Waals surface area contributed by atoms with Crippen molar-refractivity contribution in [3.05, 3.63) is 25.1 Å². The molecule has 0 N–H and O–H groups in total. The second-order valence-electron chi connectivity index (χ2n) is 3.64. The lowest BCUT2D eigenvalue weighted by atomic mass is 9.30. The Morgan fingerprint density at radius 2 is 1.67 bits per heavy atom. The van der Waals surface area contributed by atoms with Gasteiger partial charge in [-0.3, -0.25) is 0 Å². The third-order valence-electron chi connectivity index (χ3n) is 2.07. The predicted octanol–water partition coefficient (Wildman–Crippen LogP) is 0.535. The molecule has 1 aliphatic rings. The molecule has 1 rings (SSSR count). The van der Waals surface area contributed by atoms with Crippen LogP contribution in [0.3, 0.4) is 0 Å². The summed E-state index contributed by atoms with van der Waals surface area (Å²) in [4.78, 5) is 4.32. The zero-order valence-corrected chi connectivity index (χ0v) is 10.1. The molecule has 0 fully saturated rings. The fourth-order valence-electron chi connectivity index (χ4n) is 1.05. The van der Waals surface area contributed by atoms with Gasteiger partial charge in [-0.05, 0) is 0 Å². The first-order valence-electron chi connectivity index (χ1n) is 5.11. The Morgan fingerprint density at radius 3 is 1.89 bits per heavy atom. The zero-order chi connectivity index (χ0) is 14.0. The quantitative estimate of drug-likeness (QED) is 0.514. The molecule has 0 aromatic carbocycles. The Bertz CT molecular complexity index is 422. The molecule has 0 radical (unpaired) electrons. The van der Waals surface area contributed by atoms with Crippen LogP contribution >= 0.6 is 0 Å². The summed E-state index contributed by atoms with van der Waals surface area (Å²) in [5, 5.41) is 32.3. The van der Waals surface area contributed by atoms with Crippen molar-refractivity contribution in [2.24, 2.45) is 0 Å². The highest BCUT2D eigenvalue weighted by atomic mass is 15.3. The molecule has 1 aliphatic heterocycles. The molecule has 0 amide bonds. The predicted molar refractivity (Wildman–Crippen MR) is 66.9 cm³/mol. The Hall–Kier alpha value is -2.90. The third kappa shape index (κ3) is 4.31. The van der Waals surface area contributed by atoms with Crippen LogP contribution in [0, 0.1) is 44.9 Å². The first kappa shape index (κ1) is 15.1. The van der Waals surface area contributed by atoms with E-state index in [1.807, 2.05) is 6.08 Å². The van der Waals surface area contributed by atoms with Gasteiger partial charge in [0.1, 0.15) is 0 Å². The van der Waals surface area contributed by atoms with Crippen LogP contribution < -0.4 is 0 Å². The van der Waals surface area contributed by atoms with Crippen molar-refractivity contribution in [1.82, 2.24) is 9.80 Å². The first-order valence-corrected chi connectivity index (χ1v) is 5.11. The lowest BCUT2D eigenvalue weighted by molar-refractivity contribution is 0.318. The average Bonchev–Trinajstić information content (AvgIpc) is 2.80. The number of rotatable bonds is 2. The van der Waals surface area contributed by atoms with Gasteiger partial charge in [0, 0.05) is 26.0 Å². The largest absolute Gasteiger partial charge is 0.383 e. The van der Waals surface area contributed by atoms with E-state index in [1.54, 1.807) is 0 Å². The number of nitriles is 4. The standard InChI is InChI=1S/C7H12N2.C4BN4/c1-3-4-9-6-5-8(2)7-9;6-1-5(2-7,3-8)4-9/h3,5-6H,1,4,7H2,2H3;/q;-1. The molecule has 90 valence electrons. The maximum atomic E-state index is 8.09. The molecule has 1 heterocycles. The Morgan fingerprint density at radius 1 is 1.17 bits per heavy atom.